The molecule has 0 bridgehead atoms. The van der Waals surface area contributed by atoms with Crippen LogP contribution in [-0.4, -0.2) is 49.6 Å². The first-order valence-electron chi connectivity index (χ1n) is 8.08. The van der Waals surface area contributed by atoms with Gasteiger partial charge in [0.05, 0.1) is 24.2 Å². The molecule has 7 heteroatoms. The van der Waals surface area contributed by atoms with E-state index in [0.717, 1.165) is 0 Å². The highest BCUT2D eigenvalue weighted by atomic mass is 19.1. The van der Waals surface area contributed by atoms with Gasteiger partial charge in [0.1, 0.15) is 0 Å². The number of para-hydroxylation sites is 1. The molecular weight excluding hydrogens is 315 g/mol. The molecule has 2 N–H and O–H groups in total. The summed E-state index contributed by atoms with van der Waals surface area (Å²) in [4.78, 5) is 26.5. The second-order valence-corrected chi connectivity index (χ2v) is 6.28. The third-order valence-electron chi connectivity index (χ3n) is 4.97. The van der Waals surface area contributed by atoms with E-state index in [1.807, 2.05) is 0 Å². The van der Waals surface area contributed by atoms with Gasteiger partial charge in [-0.15, -0.1) is 0 Å². The van der Waals surface area contributed by atoms with Gasteiger partial charge in [0, 0.05) is 25.6 Å². The Morgan fingerprint density at radius 1 is 1.50 bits per heavy atom. The van der Waals surface area contributed by atoms with Crippen LogP contribution in [0.4, 0.5) is 4.39 Å². The largest absolute Gasteiger partial charge is 0.490 e. The summed E-state index contributed by atoms with van der Waals surface area (Å²) in [6, 6.07) is 4.26. The van der Waals surface area contributed by atoms with Crippen LogP contribution in [0, 0.1) is 17.2 Å². The van der Waals surface area contributed by atoms with E-state index in [0.29, 0.717) is 26.2 Å². The van der Waals surface area contributed by atoms with Crippen LogP contribution in [0.2, 0.25) is 0 Å². The van der Waals surface area contributed by atoms with Crippen molar-refractivity contribution in [3.63, 3.8) is 0 Å². The summed E-state index contributed by atoms with van der Waals surface area (Å²) >= 11 is 0. The lowest BCUT2D eigenvalue weighted by molar-refractivity contribution is -0.135. The lowest BCUT2D eigenvalue weighted by atomic mass is 9.74. The molecule has 2 amide bonds. The third-order valence-corrected chi connectivity index (χ3v) is 4.97. The SMILES string of the molecule is CCOc1c(F)cccc1C(=O)N1C[C@@H]2COCC[C@]2(C(N)=O)C1. The number of nitrogens with two attached hydrogens (primary N) is 1. The molecular formula is C17H21FN2O4. The van der Waals surface area contributed by atoms with Gasteiger partial charge >= 0.3 is 0 Å². The number of halogens is 1. The maximum absolute atomic E-state index is 14.0. The van der Waals surface area contributed by atoms with E-state index in [9.17, 15) is 14.0 Å². The number of rotatable bonds is 4. The minimum absolute atomic E-state index is 0.0516. The Balaban J connectivity index is 1.90. The molecule has 1 aromatic carbocycles. The minimum atomic E-state index is -0.757. The van der Waals surface area contributed by atoms with Crippen molar-refractivity contribution in [2.75, 3.05) is 32.9 Å². The molecule has 0 radical (unpaired) electrons. The predicted octanol–water partition coefficient (Wildman–Crippen LogP) is 1.19. The van der Waals surface area contributed by atoms with Crippen LogP contribution in [0.15, 0.2) is 18.2 Å². The van der Waals surface area contributed by atoms with Crippen LogP contribution >= 0.6 is 0 Å². The second kappa shape index (κ2) is 6.39. The van der Waals surface area contributed by atoms with Gasteiger partial charge in [0.2, 0.25) is 5.91 Å². The van der Waals surface area contributed by atoms with Gasteiger partial charge in [-0.05, 0) is 25.5 Å². The van der Waals surface area contributed by atoms with Crippen LogP contribution in [0.1, 0.15) is 23.7 Å². The molecule has 2 aliphatic heterocycles. The molecule has 1 aromatic rings. The highest BCUT2D eigenvalue weighted by Gasteiger charge is 2.53. The molecule has 24 heavy (non-hydrogen) atoms. The Morgan fingerprint density at radius 3 is 2.96 bits per heavy atom. The van der Waals surface area contributed by atoms with E-state index in [1.165, 1.54) is 18.2 Å². The smallest absolute Gasteiger partial charge is 0.257 e. The number of ether oxygens (including phenoxy) is 2. The fraction of sp³-hybridized carbons (Fsp3) is 0.529. The number of fused-ring (bicyclic) bond motifs is 1. The van der Waals surface area contributed by atoms with Crippen molar-refractivity contribution >= 4 is 11.8 Å². The summed E-state index contributed by atoms with van der Waals surface area (Å²) < 4.78 is 24.7. The fourth-order valence-corrected chi connectivity index (χ4v) is 3.65. The first-order chi connectivity index (χ1) is 11.5. The monoisotopic (exact) mass is 336 g/mol. The average molecular weight is 336 g/mol. The summed E-state index contributed by atoms with van der Waals surface area (Å²) in [7, 11) is 0. The average Bonchev–Trinajstić information content (AvgIpc) is 2.97. The predicted molar refractivity (Wildman–Crippen MR) is 84.0 cm³/mol. The van der Waals surface area contributed by atoms with Crippen molar-refractivity contribution in [1.82, 2.24) is 4.90 Å². The first kappa shape index (κ1) is 16.7. The fourth-order valence-electron chi connectivity index (χ4n) is 3.65. The Kier molecular flexibility index (Phi) is 4.45. The maximum atomic E-state index is 14.0. The lowest BCUT2D eigenvalue weighted by Crippen LogP contribution is -2.48. The van der Waals surface area contributed by atoms with Gasteiger partial charge in [-0.25, -0.2) is 4.39 Å². The molecule has 2 fully saturated rings. The molecule has 3 rings (SSSR count). The van der Waals surface area contributed by atoms with Crippen molar-refractivity contribution in [1.29, 1.82) is 0 Å². The van der Waals surface area contributed by atoms with E-state index < -0.39 is 17.1 Å². The zero-order chi connectivity index (χ0) is 17.3. The molecule has 2 atom stereocenters. The quantitative estimate of drug-likeness (QED) is 0.895. The number of carbonyl (C=O) groups excluding carboxylic acids is 2. The molecule has 0 unspecified atom stereocenters. The summed E-state index contributed by atoms with van der Waals surface area (Å²) in [5.74, 6) is -1.52. The topological polar surface area (TPSA) is 81.9 Å². The van der Waals surface area contributed by atoms with Crippen molar-refractivity contribution in [2.45, 2.75) is 13.3 Å². The van der Waals surface area contributed by atoms with E-state index >= 15 is 0 Å². The Labute approximate surface area is 139 Å². The van der Waals surface area contributed by atoms with Crippen LogP contribution < -0.4 is 10.5 Å². The number of amides is 2. The molecule has 0 saturated carbocycles. The van der Waals surface area contributed by atoms with Crippen LogP contribution in [-0.2, 0) is 9.53 Å². The van der Waals surface area contributed by atoms with E-state index in [4.69, 9.17) is 15.2 Å². The molecule has 0 aliphatic carbocycles. The molecule has 2 heterocycles. The highest BCUT2D eigenvalue weighted by Crippen LogP contribution is 2.42. The Hall–Kier alpha value is -2.15. The molecule has 130 valence electrons. The number of carbonyl (C=O) groups is 2. The Morgan fingerprint density at radius 2 is 2.29 bits per heavy atom. The summed E-state index contributed by atoms with van der Waals surface area (Å²) in [5.41, 5.74) is 5.03. The molecule has 0 aromatic heterocycles. The molecule has 0 spiro atoms. The van der Waals surface area contributed by atoms with Gasteiger partial charge in [0.15, 0.2) is 11.6 Å². The van der Waals surface area contributed by atoms with Crippen molar-refractivity contribution in [2.24, 2.45) is 17.1 Å². The Bertz CT molecular complexity index is 666. The number of likely N-dealkylation sites (tertiary alicyclic amines) is 1. The standard InChI is InChI=1S/C17H21FN2O4/c1-2-24-14-12(4-3-5-13(14)18)15(21)20-8-11-9-23-7-6-17(11,10-20)16(19)22/h3-5,11H,2,6-10H2,1H3,(H2,19,22)/t11-,17+/m1/s1. The number of hydrogen-bond donors (Lipinski definition) is 1. The van der Waals surface area contributed by atoms with Gasteiger partial charge in [0.25, 0.3) is 5.91 Å². The van der Waals surface area contributed by atoms with Gasteiger partial charge in [-0.1, -0.05) is 6.07 Å². The molecule has 2 aliphatic rings. The number of benzene rings is 1. The normalized spacial score (nSPS) is 26.1. The highest BCUT2D eigenvalue weighted by molar-refractivity contribution is 5.98. The zero-order valence-electron chi connectivity index (χ0n) is 13.6. The lowest BCUT2D eigenvalue weighted by Gasteiger charge is -2.34. The summed E-state index contributed by atoms with van der Waals surface area (Å²) in [6.07, 6.45) is 0.498. The number of primary amides is 1. The molecule has 2 saturated heterocycles. The van der Waals surface area contributed by atoms with Crippen molar-refractivity contribution in [3.05, 3.63) is 29.6 Å². The third kappa shape index (κ3) is 2.62. The van der Waals surface area contributed by atoms with Gasteiger partial charge in [-0.3, -0.25) is 9.59 Å². The minimum Gasteiger partial charge on any atom is -0.490 e. The van der Waals surface area contributed by atoms with E-state index in [1.54, 1.807) is 11.8 Å². The van der Waals surface area contributed by atoms with Gasteiger partial charge < -0.3 is 20.1 Å². The molecule has 6 nitrogen and oxygen atoms in total. The van der Waals surface area contributed by atoms with E-state index in [-0.39, 0.29) is 36.3 Å². The first-order valence-corrected chi connectivity index (χ1v) is 8.08. The second-order valence-electron chi connectivity index (χ2n) is 6.28. The zero-order valence-corrected chi connectivity index (χ0v) is 13.6. The van der Waals surface area contributed by atoms with Crippen LogP contribution in [0.3, 0.4) is 0 Å². The number of nitrogens with zero attached hydrogens (tertiary/aromatic N) is 1. The van der Waals surface area contributed by atoms with Crippen LogP contribution in [0.25, 0.3) is 0 Å². The maximum Gasteiger partial charge on any atom is 0.257 e. The summed E-state index contributed by atoms with van der Waals surface area (Å²) in [5, 5.41) is 0. The van der Waals surface area contributed by atoms with Crippen molar-refractivity contribution < 1.29 is 23.5 Å². The van der Waals surface area contributed by atoms with Crippen LogP contribution in [0.5, 0.6) is 5.75 Å². The van der Waals surface area contributed by atoms with E-state index in [2.05, 4.69) is 0 Å². The van der Waals surface area contributed by atoms with Gasteiger partial charge in [-0.2, -0.15) is 0 Å². The van der Waals surface area contributed by atoms with Crippen molar-refractivity contribution in [3.8, 4) is 5.75 Å². The summed E-state index contributed by atoms with van der Waals surface area (Å²) in [6.45, 7) is 3.42. The number of hydrogen-bond acceptors (Lipinski definition) is 4.